The number of halogens is 1. The summed E-state index contributed by atoms with van der Waals surface area (Å²) in [7, 11) is 0. The molecule has 168 valence electrons. The molecule has 2 aliphatic heterocycles. The minimum absolute atomic E-state index is 0.0199. The monoisotopic (exact) mass is 445 g/mol. The van der Waals surface area contributed by atoms with Crippen molar-refractivity contribution in [2.45, 2.75) is 18.8 Å². The van der Waals surface area contributed by atoms with E-state index in [1.807, 2.05) is 35.2 Å². The number of carbonyl (C=O) groups is 2. The zero-order valence-corrected chi connectivity index (χ0v) is 18.0. The van der Waals surface area contributed by atoms with E-state index in [-0.39, 0.29) is 30.3 Å². The molecule has 1 N–H and O–H groups in total. The van der Waals surface area contributed by atoms with Gasteiger partial charge < -0.3 is 15.0 Å². The molecule has 1 fully saturated rings. The van der Waals surface area contributed by atoms with Crippen molar-refractivity contribution in [3.8, 4) is 5.75 Å². The summed E-state index contributed by atoms with van der Waals surface area (Å²) >= 11 is 0. The number of aromatic nitrogens is 1. The van der Waals surface area contributed by atoms with E-state index < -0.39 is 5.95 Å². The van der Waals surface area contributed by atoms with Crippen LogP contribution in [0.4, 0.5) is 10.1 Å². The molecular weight excluding hydrogens is 421 g/mol. The number of hydrogen-bond donors (Lipinski definition) is 1. The van der Waals surface area contributed by atoms with Gasteiger partial charge in [-0.05, 0) is 48.6 Å². The van der Waals surface area contributed by atoms with E-state index in [9.17, 15) is 14.0 Å². The number of piperidine rings is 1. The van der Waals surface area contributed by atoms with Crippen molar-refractivity contribution < 1.29 is 18.7 Å². The van der Waals surface area contributed by atoms with Crippen molar-refractivity contribution in [2.75, 3.05) is 25.0 Å². The molecule has 33 heavy (non-hydrogen) atoms. The Morgan fingerprint density at radius 3 is 2.64 bits per heavy atom. The van der Waals surface area contributed by atoms with Gasteiger partial charge in [0.25, 0.3) is 11.8 Å². The number of nitrogens with zero attached hydrogens (tertiary/aromatic N) is 2. The molecule has 2 amide bonds. The Morgan fingerprint density at radius 2 is 1.88 bits per heavy atom. The molecule has 3 heterocycles. The lowest BCUT2D eigenvalue weighted by Crippen LogP contribution is -2.40. The van der Waals surface area contributed by atoms with Gasteiger partial charge in [-0.15, -0.1) is 0 Å². The van der Waals surface area contributed by atoms with Crippen molar-refractivity contribution in [1.82, 2.24) is 9.88 Å². The lowest BCUT2D eigenvalue weighted by atomic mass is 9.76. The van der Waals surface area contributed by atoms with E-state index in [1.165, 1.54) is 6.20 Å². The van der Waals surface area contributed by atoms with Crippen LogP contribution >= 0.6 is 0 Å². The molecule has 1 aromatic heterocycles. The van der Waals surface area contributed by atoms with Crippen molar-refractivity contribution in [2.24, 2.45) is 5.92 Å². The fourth-order valence-electron chi connectivity index (χ4n) is 4.83. The van der Waals surface area contributed by atoms with Crippen molar-refractivity contribution in [3.05, 3.63) is 89.5 Å². The average molecular weight is 445 g/mol. The molecule has 7 heteroatoms. The number of rotatable bonds is 4. The zero-order chi connectivity index (χ0) is 22.8. The number of hydrogen-bond acceptors (Lipinski definition) is 4. The van der Waals surface area contributed by atoms with E-state index >= 15 is 0 Å². The van der Waals surface area contributed by atoms with Crippen LogP contribution in [-0.2, 0) is 4.79 Å². The van der Waals surface area contributed by atoms with E-state index in [0.717, 1.165) is 18.4 Å². The molecule has 5 rings (SSSR count). The topological polar surface area (TPSA) is 71.5 Å². The Bertz CT molecular complexity index is 1180. The van der Waals surface area contributed by atoms with Gasteiger partial charge in [0.2, 0.25) is 5.95 Å². The van der Waals surface area contributed by atoms with Crippen LogP contribution in [0.3, 0.4) is 0 Å². The summed E-state index contributed by atoms with van der Waals surface area (Å²) in [5.74, 6) is -0.126. The molecule has 3 aromatic rings. The van der Waals surface area contributed by atoms with Gasteiger partial charge in [0, 0.05) is 36.3 Å². The Labute approximate surface area is 191 Å². The Morgan fingerprint density at radius 1 is 1.09 bits per heavy atom. The van der Waals surface area contributed by atoms with Crippen molar-refractivity contribution in [1.29, 1.82) is 0 Å². The first-order valence-corrected chi connectivity index (χ1v) is 11.1. The summed E-state index contributed by atoms with van der Waals surface area (Å²) in [4.78, 5) is 30.4. The molecule has 1 atom stereocenters. The minimum atomic E-state index is -0.441. The highest BCUT2D eigenvalue weighted by molar-refractivity contribution is 5.99. The highest BCUT2D eigenvalue weighted by Gasteiger charge is 2.32. The van der Waals surface area contributed by atoms with Crippen LogP contribution < -0.4 is 10.1 Å². The SMILES string of the molecule is O=C1COc2ccc(C(=O)N3CCC(C(c4ccccc4)c4cccnc4F)CC3)cc2N1. The number of pyridine rings is 1. The van der Waals surface area contributed by atoms with E-state index in [1.54, 1.807) is 30.3 Å². The lowest BCUT2D eigenvalue weighted by Gasteiger charge is -2.36. The maximum atomic E-state index is 14.7. The summed E-state index contributed by atoms with van der Waals surface area (Å²) in [6.07, 6.45) is 2.98. The fourth-order valence-corrected chi connectivity index (χ4v) is 4.83. The Kier molecular flexibility index (Phi) is 5.77. The number of carbonyl (C=O) groups excluding carboxylic acids is 2. The normalized spacial score (nSPS) is 17.0. The highest BCUT2D eigenvalue weighted by Crippen LogP contribution is 2.39. The van der Waals surface area contributed by atoms with Crippen LogP contribution in [0, 0.1) is 11.9 Å². The standard InChI is InChI=1S/C26H24FN3O3/c27-25-20(7-4-12-28-25)24(17-5-2-1-3-6-17)18-10-13-30(14-11-18)26(32)19-8-9-22-21(15-19)29-23(31)16-33-22/h1-9,12,15,18,24H,10-11,13-14,16H2,(H,29,31). The minimum Gasteiger partial charge on any atom is -0.482 e. The van der Waals surface area contributed by atoms with Crippen LogP contribution in [0.1, 0.15) is 40.2 Å². The first kappa shape index (κ1) is 21.1. The number of nitrogens with one attached hydrogen (secondary N) is 1. The number of benzene rings is 2. The number of fused-ring (bicyclic) bond motifs is 1. The van der Waals surface area contributed by atoms with Gasteiger partial charge in [0.1, 0.15) is 5.75 Å². The van der Waals surface area contributed by atoms with E-state index in [0.29, 0.717) is 35.7 Å². The zero-order valence-electron chi connectivity index (χ0n) is 18.0. The smallest absolute Gasteiger partial charge is 0.262 e. The summed E-state index contributed by atoms with van der Waals surface area (Å²) in [6, 6.07) is 18.6. The number of anilines is 1. The molecule has 1 saturated heterocycles. The van der Waals surface area contributed by atoms with Gasteiger partial charge >= 0.3 is 0 Å². The second-order valence-corrected chi connectivity index (χ2v) is 8.45. The molecule has 0 aliphatic carbocycles. The van der Waals surface area contributed by atoms with Gasteiger partial charge in [0.15, 0.2) is 6.61 Å². The molecule has 0 spiro atoms. The van der Waals surface area contributed by atoms with Crippen LogP contribution in [0.2, 0.25) is 0 Å². The lowest BCUT2D eigenvalue weighted by molar-refractivity contribution is -0.118. The quantitative estimate of drug-likeness (QED) is 0.610. The molecular formula is C26H24FN3O3. The highest BCUT2D eigenvalue weighted by atomic mass is 19.1. The summed E-state index contributed by atoms with van der Waals surface area (Å²) < 4.78 is 20.0. The molecule has 1 unspecified atom stereocenters. The van der Waals surface area contributed by atoms with Gasteiger partial charge in [-0.1, -0.05) is 36.4 Å². The summed E-state index contributed by atoms with van der Waals surface area (Å²) in [5, 5.41) is 2.75. The van der Waals surface area contributed by atoms with Crippen molar-refractivity contribution >= 4 is 17.5 Å². The molecule has 0 bridgehead atoms. The Balaban J connectivity index is 1.33. The number of ether oxygens (including phenoxy) is 1. The second-order valence-electron chi connectivity index (χ2n) is 8.45. The first-order valence-electron chi connectivity index (χ1n) is 11.1. The van der Waals surface area contributed by atoms with Crippen molar-refractivity contribution in [3.63, 3.8) is 0 Å². The van der Waals surface area contributed by atoms with Crippen LogP contribution in [0.5, 0.6) is 5.75 Å². The van der Waals surface area contributed by atoms with E-state index in [4.69, 9.17) is 4.74 Å². The number of amides is 2. The predicted molar refractivity (Wildman–Crippen MR) is 122 cm³/mol. The average Bonchev–Trinajstić information content (AvgIpc) is 2.85. The maximum Gasteiger partial charge on any atom is 0.262 e. The molecule has 0 saturated carbocycles. The van der Waals surface area contributed by atoms with Gasteiger partial charge in [-0.25, -0.2) is 4.98 Å². The number of likely N-dealkylation sites (tertiary alicyclic amines) is 1. The molecule has 0 radical (unpaired) electrons. The fraction of sp³-hybridized carbons (Fsp3) is 0.269. The summed E-state index contributed by atoms with van der Waals surface area (Å²) in [5.41, 5.74) is 2.68. The van der Waals surface area contributed by atoms with Gasteiger partial charge in [-0.3, -0.25) is 9.59 Å². The summed E-state index contributed by atoms with van der Waals surface area (Å²) in [6.45, 7) is 1.14. The Hall–Kier alpha value is -3.74. The molecule has 6 nitrogen and oxygen atoms in total. The van der Waals surface area contributed by atoms with Crippen LogP contribution in [0.15, 0.2) is 66.9 Å². The van der Waals surface area contributed by atoms with Gasteiger partial charge in [-0.2, -0.15) is 4.39 Å². The van der Waals surface area contributed by atoms with E-state index in [2.05, 4.69) is 10.3 Å². The third-order valence-corrected chi connectivity index (χ3v) is 6.44. The predicted octanol–water partition coefficient (Wildman–Crippen LogP) is 4.24. The molecule has 2 aliphatic rings. The third-order valence-electron chi connectivity index (χ3n) is 6.44. The molecule has 2 aromatic carbocycles. The first-order chi connectivity index (χ1) is 16.1. The van der Waals surface area contributed by atoms with Crippen LogP contribution in [0.25, 0.3) is 0 Å². The van der Waals surface area contributed by atoms with Crippen LogP contribution in [-0.4, -0.2) is 41.4 Å². The largest absolute Gasteiger partial charge is 0.482 e. The maximum absolute atomic E-state index is 14.7. The third kappa shape index (κ3) is 4.31. The van der Waals surface area contributed by atoms with Gasteiger partial charge in [0.05, 0.1) is 5.69 Å². The second kappa shape index (κ2) is 9.02.